The third kappa shape index (κ3) is 9.80. The van der Waals surface area contributed by atoms with Gasteiger partial charge in [0.2, 0.25) is 16.0 Å². The number of alkyl halides is 5. The van der Waals surface area contributed by atoms with Crippen molar-refractivity contribution >= 4 is 38.8 Å². The molecule has 4 rings (SSSR count). The maximum Gasteiger partial charge on any atom is 0.407 e. The molecule has 0 radical (unpaired) electrons. The number of pyridine rings is 1. The maximum absolute atomic E-state index is 14.8. The third-order valence-electron chi connectivity index (χ3n) is 6.78. The molecule has 0 atom stereocenters. The van der Waals surface area contributed by atoms with Crippen LogP contribution in [-0.4, -0.2) is 59.1 Å². The van der Waals surface area contributed by atoms with Crippen molar-refractivity contribution in [2.45, 2.75) is 83.2 Å². The van der Waals surface area contributed by atoms with Crippen LogP contribution in [0.25, 0.3) is 22.3 Å². The number of benzene rings is 1. The second-order valence-electron chi connectivity index (χ2n) is 11.6. The zero-order valence-corrected chi connectivity index (χ0v) is 25.3. The second-order valence-corrected chi connectivity index (χ2v) is 13.5. The van der Waals surface area contributed by atoms with Crippen LogP contribution in [0, 0.1) is 5.82 Å². The zero-order valence-electron chi connectivity index (χ0n) is 24.5. The van der Waals surface area contributed by atoms with Crippen LogP contribution in [0.3, 0.4) is 0 Å². The lowest BCUT2D eigenvalue weighted by atomic mass is 9.91. The quantitative estimate of drug-likeness (QED) is 0.215. The Kier molecular flexibility index (Phi) is 9.99. The Morgan fingerprint density at radius 2 is 1.71 bits per heavy atom. The van der Waals surface area contributed by atoms with Crippen LogP contribution in [0.5, 0.6) is 0 Å². The summed E-state index contributed by atoms with van der Waals surface area (Å²) < 4.78 is 111. The Morgan fingerprint density at radius 1 is 1.04 bits per heavy atom. The first-order chi connectivity index (χ1) is 20.9. The molecule has 2 heterocycles. The summed E-state index contributed by atoms with van der Waals surface area (Å²) in [7, 11) is -4.51. The number of hydrogen-bond donors (Lipinski definition) is 3. The fraction of sp³-hybridized carbons (Fsp3) is 0.500. The predicted octanol–water partition coefficient (Wildman–Crippen LogP) is 6.71. The van der Waals surface area contributed by atoms with E-state index in [1.54, 1.807) is 25.5 Å². The number of amides is 1. The van der Waals surface area contributed by atoms with Crippen molar-refractivity contribution in [1.82, 2.24) is 20.3 Å². The van der Waals surface area contributed by atoms with Crippen molar-refractivity contribution in [1.29, 1.82) is 0 Å². The lowest BCUT2D eigenvalue weighted by Gasteiger charge is -2.30. The van der Waals surface area contributed by atoms with Crippen LogP contribution < -0.4 is 15.4 Å². The van der Waals surface area contributed by atoms with Crippen molar-refractivity contribution in [3.05, 3.63) is 41.8 Å². The van der Waals surface area contributed by atoms with Crippen molar-refractivity contribution in [2.24, 2.45) is 0 Å². The Balaban J connectivity index is 1.47. The van der Waals surface area contributed by atoms with Gasteiger partial charge in [0.05, 0.1) is 29.8 Å². The first-order valence-electron chi connectivity index (χ1n) is 14.0. The monoisotopic (exact) mass is 662 g/mol. The molecule has 1 aliphatic rings. The molecule has 0 saturated heterocycles. The van der Waals surface area contributed by atoms with E-state index in [0.717, 1.165) is 18.2 Å². The molecule has 1 amide bonds. The van der Waals surface area contributed by atoms with Gasteiger partial charge >= 0.3 is 12.3 Å². The molecule has 10 nitrogen and oxygen atoms in total. The van der Waals surface area contributed by atoms with Crippen LogP contribution in [0.15, 0.2) is 30.5 Å². The summed E-state index contributed by atoms with van der Waals surface area (Å²) in [5.41, 5.74) is -1.92. The average molecular weight is 663 g/mol. The minimum atomic E-state index is -4.72. The number of nitrogens with one attached hydrogen (secondary N) is 3. The predicted molar refractivity (Wildman–Crippen MR) is 155 cm³/mol. The molecule has 3 N–H and O–H groups in total. The SMILES string of the molecule is CC(C)(C)OC(=O)NC1CCC(Nc2ncc3nc(-c4ccc(NS(=O)(=O)CCC(F)(F)F)c(F)c4)cc(C(F)F)c3n2)CC1. The molecule has 3 aromatic rings. The molecule has 0 bridgehead atoms. The summed E-state index contributed by atoms with van der Waals surface area (Å²) in [5, 5.41) is 5.99. The van der Waals surface area contributed by atoms with E-state index < -0.39 is 63.6 Å². The van der Waals surface area contributed by atoms with Crippen LogP contribution >= 0.6 is 0 Å². The molecule has 246 valence electrons. The molecule has 1 fully saturated rings. The van der Waals surface area contributed by atoms with Crippen molar-refractivity contribution < 1.29 is 44.3 Å². The van der Waals surface area contributed by atoms with E-state index in [1.165, 1.54) is 12.3 Å². The number of carbonyl (C=O) groups excluding carboxylic acids is 1. The molecule has 1 saturated carbocycles. The minimum Gasteiger partial charge on any atom is -0.444 e. The minimum absolute atomic E-state index is 0.00374. The largest absolute Gasteiger partial charge is 0.444 e. The van der Waals surface area contributed by atoms with Crippen LogP contribution in [0.1, 0.15) is 64.9 Å². The van der Waals surface area contributed by atoms with Crippen LogP contribution in [-0.2, 0) is 14.8 Å². The summed E-state index contributed by atoms with van der Waals surface area (Å²) in [6.45, 7) is 5.32. The normalized spacial score (nSPS) is 17.7. The molecule has 17 heteroatoms. The zero-order chi connectivity index (χ0) is 33.2. The first-order valence-corrected chi connectivity index (χ1v) is 15.6. The van der Waals surface area contributed by atoms with E-state index in [9.17, 15) is 39.6 Å². The van der Waals surface area contributed by atoms with E-state index in [1.807, 2.05) is 0 Å². The van der Waals surface area contributed by atoms with Gasteiger partial charge in [0.25, 0.3) is 6.43 Å². The number of halogens is 6. The number of hydrogen-bond acceptors (Lipinski definition) is 8. The van der Waals surface area contributed by atoms with Gasteiger partial charge in [-0.05, 0) is 64.7 Å². The molecule has 0 aliphatic heterocycles. The van der Waals surface area contributed by atoms with Gasteiger partial charge in [-0.1, -0.05) is 6.07 Å². The number of sulfonamides is 1. The molecule has 1 aromatic carbocycles. The number of alkyl carbamates (subject to hydrolysis) is 1. The van der Waals surface area contributed by atoms with Gasteiger partial charge in [-0.2, -0.15) is 13.2 Å². The van der Waals surface area contributed by atoms with Gasteiger partial charge in [0.15, 0.2) is 0 Å². The number of aromatic nitrogens is 3. The van der Waals surface area contributed by atoms with Crippen molar-refractivity contribution in [3.63, 3.8) is 0 Å². The smallest absolute Gasteiger partial charge is 0.407 e. The highest BCUT2D eigenvalue weighted by atomic mass is 32.2. The standard InChI is InChI=1S/C28H32F6N6O4S/c1-27(2,3)44-26(41)37-17-7-5-16(6-8-17)36-25-35-14-22-23(39-25)18(24(30)31)13-21(38-22)15-4-9-20(19(29)12-15)40-45(42,43)11-10-28(32,33)34/h4,9,12-14,16-17,24,40H,5-8,10-11H2,1-3H3,(H,37,41)(H,35,36,39). The first kappa shape index (κ1) is 34.0. The Morgan fingerprint density at radius 3 is 2.31 bits per heavy atom. The summed E-state index contributed by atoms with van der Waals surface area (Å²) >= 11 is 0. The third-order valence-corrected chi connectivity index (χ3v) is 8.05. The number of fused-ring (bicyclic) bond motifs is 1. The van der Waals surface area contributed by atoms with E-state index in [4.69, 9.17) is 4.74 Å². The topological polar surface area (TPSA) is 135 Å². The van der Waals surface area contributed by atoms with E-state index in [2.05, 4.69) is 25.6 Å². The van der Waals surface area contributed by atoms with Gasteiger partial charge < -0.3 is 15.4 Å². The highest BCUT2D eigenvalue weighted by Gasteiger charge is 2.30. The average Bonchev–Trinajstić information content (AvgIpc) is 2.92. The van der Waals surface area contributed by atoms with Crippen molar-refractivity contribution in [3.8, 4) is 11.3 Å². The number of nitrogens with zero attached hydrogens (tertiary/aromatic N) is 3. The number of anilines is 2. The van der Waals surface area contributed by atoms with Gasteiger partial charge in [-0.25, -0.2) is 41.3 Å². The molecule has 1 aliphatic carbocycles. The fourth-order valence-electron chi connectivity index (χ4n) is 4.70. The number of carbonyl (C=O) groups is 1. The van der Waals surface area contributed by atoms with Gasteiger partial charge in [0, 0.05) is 23.2 Å². The second kappa shape index (κ2) is 13.2. The molecular formula is C28H32F6N6O4S. The molecule has 0 spiro atoms. The summed E-state index contributed by atoms with van der Waals surface area (Å²) in [5.74, 6) is -2.34. The Labute approximate surface area is 255 Å². The highest BCUT2D eigenvalue weighted by Crippen LogP contribution is 2.32. The van der Waals surface area contributed by atoms with Crippen LogP contribution in [0.2, 0.25) is 0 Å². The Hall–Kier alpha value is -3.89. The van der Waals surface area contributed by atoms with Gasteiger partial charge in [0.1, 0.15) is 22.5 Å². The van der Waals surface area contributed by atoms with E-state index >= 15 is 0 Å². The molecule has 0 unspecified atom stereocenters. The molecular weight excluding hydrogens is 630 g/mol. The lowest BCUT2D eigenvalue weighted by Crippen LogP contribution is -2.42. The molecule has 45 heavy (non-hydrogen) atoms. The van der Waals surface area contributed by atoms with E-state index in [-0.39, 0.29) is 40.3 Å². The number of ether oxygens (including phenoxy) is 1. The summed E-state index contributed by atoms with van der Waals surface area (Å²) in [6, 6.07) is 3.87. The number of rotatable bonds is 9. The highest BCUT2D eigenvalue weighted by molar-refractivity contribution is 7.92. The fourth-order valence-corrected chi connectivity index (χ4v) is 5.80. The lowest BCUT2D eigenvalue weighted by molar-refractivity contribution is -0.129. The summed E-state index contributed by atoms with van der Waals surface area (Å²) in [4.78, 5) is 24.8. The summed E-state index contributed by atoms with van der Waals surface area (Å²) in [6.07, 6.45) is -5.96. The maximum atomic E-state index is 14.8. The molecule has 2 aromatic heterocycles. The Bertz CT molecular complexity index is 1640. The van der Waals surface area contributed by atoms with Crippen molar-refractivity contribution in [2.75, 3.05) is 15.8 Å². The van der Waals surface area contributed by atoms with Gasteiger partial charge in [-0.15, -0.1) is 0 Å². The van der Waals surface area contributed by atoms with Crippen LogP contribution in [0.4, 0.5) is 42.8 Å². The van der Waals surface area contributed by atoms with E-state index in [0.29, 0.717) is 25.7 Å². The van der Waals surface area contributed by atoms with Gasteiger partial charge in [-0.3, -0.25) is 4.72 Å².